The third-order valence-electron chi connectivity index (χ3n) is 3.82. The van der Waals surface area contributed by atoms with Crippen molar-refractivity contribution in [1.82, 2.24) is 14.9 Å². The Morgan fingerprint density at radius 1 is 1.17 bits per heavy atom. The Morgan fingerprint density at radius 2 is 1.74 bits per heavy atom. The van der Waals surface area contributed by atoms with Gasteiger partial charge in [-0.2, -0.15) is 0 Å². The van der Waals surface area contributed by atoms with Gasteiger partial charge in [-0.3, -0.25) is 14.8 Å². The zero-order valence-corrected chi connectivity index (χ0v) is 13.3. The normalized spacial score (nSPS) is 16.7. The van der Waals surface area contributed by atoms with Crippen molar-refractivity contribution >= 4 is 18.0 Å². The summed E-state index contributed by atoms with van der Waals surface area (Å²) in [7, 11) is 0. The second kappa shape index (κ2) is 6.72. The molecule has 1 N–H and O–H groups in total. The van der Waals surface area contributed by atoms with E-state index in [9.17, 15) is 14.4 Å². The van der Waals surface area contributed by atoms with E-state index in [1.54, 1.807) is 0 Å². The molecule has 1 aliphatic heterocycles. The summed E-state index contributed by atoms with van der Waals surface area (Å²) >= 11 is 0. The highest BCUT2D eigenvalue weighted by molar-refractivity contribution is 5.89. The molecular weight excluding hydrogens is 302 g/mol. The van der Waals surface area contributed by atoms with E-state index < -0.39 is 18.2 Å². The first-order valence-electron chi connectivity index (χ1n) is 7.46. The van der Waals surface area contributed by atoms with Crippen LogP contribution in [0.2, 0.25) is 0 Å². The molecule has 1 aromatic rings. The topological polar surface area (TPSA) is 110 Å². The minimum atomic E-state index is -1.69. The molecule has 124 valence electrons. The van der Waals surface area contributed by atoms with Crippen LogP contribution in [0.4, 0.5) is 4.79 Å². The van der Waals surface area contributed by atoms with Crippen molar-refractivity contribution in [2.45, 2.75) is 52.6 Å². The molecule has 0 aromatic carbocycles. The lowest BCUT2D eigenvalue weighted by Crippen LogP contribution is -2.49. The zero-order chi connectivity index (χ0) is 17.1. The fraction of sp³-hybridized carbons (Fsp3) is 0.533. The molecule has 1 atom stereocenters. The third-order valence-corrected chi connectivity index (χ3v) is 3.82. The lowest BCUT2D eigenvalue weighted by atomic mass is 10.0. The van der Waals surface area contributed by atoms with Crippen LogP contribution in [0.3, 0.4) is 0 Å². The van der Waals surface area contributed by atoms with Gasteiger partial charge in [0, 0.05) is 13.3 Å². The molecule has 0 spiro atoms. The fourth-order valence-corrected chi connectivity index (χ4v) is 2.70. The first-order chi connectivity index (χ1) is 10.9. The van der Waals surface area contributed by atoms with E-state index in [2.05, 4.69) is 14.7 Å². The van der Waals surface area contributed by atoms with Gasteiger partial charge >= 0.3 is 12.1 Å². The minimum Gasteiger partial charge on any atom is -0.449 e. The van der Waals surface area contributed by atoms with E-state index in [1.807, 2.05) is 13.8 Å². The number of hydrogen-bond donors (Lipinski definition) is 1. The van der Waals surface area contributed by atoms with Gasteiger partial charge in [0.1, 0.15) is 6.04 Å². The highest BCUT2D eigenvalue weighted by Crippen LogP contribution is 2.23. The molecule has 1 amide bonds. The van der Waals surface area contributed by atoms with Gasteiger partial charge in [-0.05, 0) is 12.8 Å². The van der Waals surface area contributed by atoms with Gasteiger partial charge < -0.3 is 14.7 Å². The van der Waals surface area contributed by atoms with Gasteiger partial charge in [0.25, 0.3) is 0 Å². The van der Waals surface area contributed by atoms with E-state index in [4.69, 9.17) is 5.11 Å². The number of fused-ring (bicyclic) bond motifs is 1. The number of ether oxygens (including phenoxy) is 1. The van der Waals surface area contributed by atoms with E-state index in [1.165, 1.54) is 11.8 Å². The van der Waals surface area contributed by atoms with Crippen molar-refractivity contribution in [3.8, 4) is 0 Å². The smallest absolute Gasteiger partial charge is 0.449 e. The molecule has 1 aliphatic rings. The highest BCUT2D eigenvalue weighted by atomic mass is 16.7. The number of carboxylic acid groups (broad SMARTS) is 1. The van der Waals surface area contributed by atoms with Gasteiger partial charge in [0.05, 0.1) is 29.3 Å². The summed E-state index contributed by atoms with van der Waals surface area (Å²) in [6, 6.07) is -0.998. The SMILES string of the molecule is CCc1nc2c(nc1CC)CN(C(C)=O)C(C(=O)OC(=O)O)C2. The van der Waals surface area contributed by atoms with Gasteiger partial charge in [-0.25, -0.2) is 9.59 Å². The largest absolute Gasteiger partial charge is 0.513 e. The summed E-state index contributed by atoms with van der Waals surface area (Å²) < 4.78 is 4.22. The summed E-state index contributed by atoms with van der Waals surface area (Å²) in [5.41, 5.74) is 2.99. The van der Waals surface area contributed by atoms with Crippen LogP contribution in [0.5, 0.6) is 0 Å². The van der Waals surface area contributed by atoms with Gasteiger partial charge in [0.2, 0.25) is 5.91 Å². The van der Waals surface area contributed by atoms with Crippen molar-refractivity contribution in [2.24, 2.45) is 0 Å². The highest BCUT2D eigenvalue weighted by Gasteiger charge is 2.37. The Morgan fingerprint density at radius 3 is 2.22 bits per heavy atom. The maximum atomic E-state index is 12.0. The molecule has 23 heavy (non-hydrogen) atoms. The molecule has 0 fully saturated rings. The Balaban J connectivity index is 2.40. The first kappa shape index (κ1) is 16.9. The van der Waals surface area contributed by atoms with Crippen molar-refractivity contribution in [2.75, 3.05) is 0 Å². The van der Waals surface area contributed by atoms with Gasteiger partial charge in [0.15, 0.2) is 0 Å². The van der Waals surface area contributed by atoms with Crippen molar-refractivity contribution in [3.63, 3.8) is 0 Å². The lowest BCUT2D eigenvalue weighted by Gasteiger charge is -2.33. The van der Waals surface area contributed by atoms with Crippen LogP contribution in [-0.2, 0) is 40.1 Å². The Kier molecular flexibility index (Phi) is 4.92. The van der Waals surface area contributed by atoms with Crippen molar-refractivity contribution in [3.05, 3.63) is 22.8 Å². The van der Waals surface area contributed by atoms with Crippen LogP contribution >= 0.6 is 0 Å². The molecule has 2 heterocycles. The number of nitrogens with zero attached hydrogens (tertiary/aromatic N) is 3. The lowest BCUT2D eigenvalue weighted by molar-refractivity contribution is -0.152. The standard InChI is InChI=1S/C15H19N3O5/c1-4-9-10(5-2)17-12-7-18(8(3)19)13(6-11(12)16-9)14(20)23-15(21)22/h13H,4-7H2,1-3H3,(H,21,22). The Bertz CT molecular complexity index is 659. The van der Waals surface area contributed by atoms with Crippen LogP contribution in [0, 0.1) is 0 Å². The van der Waals surface area contributed by atoms with Crippen LogP contribution < -0.4 is 0 Å². The first-order valence-corrected chi connectivity index (χ1v) is 7.46. The maximum Gasteiger partial charge on any atom is 0.513 e. The summed E-state index contributed by atoms with van der Waals surface area (Å²) in [5.74, 6) is -1.32. The van der Waals surface area contributed by atoms with Crippen LogP contribution in [0.15, 0.2) is 0 Å². The monoisotopic (exact) mass is 321 g/mol. The van der Waals surface area contributed by atoms with Crippen molar-refractivity contribution < 1.29 is 24.2 Å². The number of hydrogen-bond acceptors (Lipinski definition) is 6. The molecule has 0 bridgehead atoms. The fourth-order valence-electron chi connectivity index (χ4n) is 2.70. The van der Waals surface area contributed by atoms with E-state index in [0.717, 1.165) is 17.8 Å². The summed E-state index contributed by atoms with van der Waals surface area (Å²) in [6.07, 6.45) is -0.144. The van der Waals surface area contributed by atoms with Crippen LogP contribution in [0.25, 0.3) is 0 Å². The number of amides is 1. The molecule has 0 aliphatic carbocycles. The number of aryl methyl sites for hydroxylation is 2. The number of rotatable bonds is 3. The number of aromatic nitrogens is 2. The summed E-state index contributed by atoms with van der Waals surface area (Å²) in [5, 5.41) is 8.61. The number of carbonyl (C=O) groups excluding carboxylic acids is 2. The van der Waals surface area contributed by atoms with Gasteiger partial charge in [-0.15, -0.1) is 0 Å². The quantitative estimate of drug-likeness (QED) is 0.655. The molecule has 8 heteroatoms. The zero-order valence-electron chi connectivity index (χ0n) is 13.3. The molecule has 0 saturated heterocycles. The molecule has 8 nitrogen and oxygen atoms in total. The van der Waals surface area contributed by atoms with E-state index >= 15 is 0 Å². The predicted octanol–water partition coefficient (Wildman–Crippen LogP) is 1.10. The van der Waals surface area contributed by atoms with Crippen LogP contribution in [-0.4, -0.2) is 44.0 Å². The Hall–Kier alpha value is -2.51. The molecule has 2 rings (SSSR count). The van der Waals surface area contributed by atoms with E-state index in [-0.39, 0.29) is 18.9 Å². The average molecular weight is 321 g/mol. The van der Waals surface area contributed by atoms with Crippen molar-refractivity contribution in [1.29, 1.82) is 0 Å². The van der Waals surface area contributed by atoms with Gasteiger partial charge in [-0.1, -0.05) is 13.8 Å². The summed E-state index contributed by atoms with van der Waals surface area (Å²) in [4.78, 5) is 44.7. The number of carbonyl (C=O) groups is 3. The number of esters is 1. The molecule has 0 radical (unpaired) electrons. The van der Waals surface area contributed by atoms with E-state index in [0.29, 0.717) is 17.8 Å². The molecule has 1 unspecified atom stereocenters. The molecule has 1 aromatic heterocycles. The minimum absolute atomic E-state index is 0.102. The maximum absolute atomic E-state index is 12.0. The molecule has 0 saturated carbocycles. The molecular formula is C15H19N3O5. The predicted molar refractivity (Wildman–Crippen MR) is 78.6 cm³/mol. The second-order valence-corrected chi connectivity index (χ2v) is 5.27. The second-order valence-electron chi connectivity index (χ2n) is 5.27. The van der Waals surface area contributed by atoms with Crippen LogP contribution in [0.1, 0.15) is 43.5 Å². The third kappa shape index (κ3) is 3.46. The summed E-state index contributed by atoms with van der Waals surface area (Å²) in [6.45, 7) is 5.39. The Labute approximate surface area is 133 Å². The average Bonchev–Trinajstić information content (AvgIpc) is 2.51.